The molecular weight excluding hydrogens is 849 g/mol. The third kappa shape index (κ3) is 3920. The van der Waals surface area contributed by atoms with E-state index in [2.05, 4.69) is 0 Å². The van der Waals surface area contributed by atoms with Crippen molar-refractivity contribution in [3.05, 3.63) is 0 Å². The summed E-state index contributed by atoms with van der Waals surface area (Å²) < 4.78 is 170. The van der Waals surface area contributed by atoms with Crippen LogP contribution in [0.5, 0.6) is 0 Å². The van der Waals surface area contributed by atoms with E-state index < -0.39 is 52.0 Å². The van der Waals surface area contributed by atoms with Gasteiger partial charge in [-0.05, 0) is 0 Å². The van der Waals surface area contributed by atoms with Gasteiger partial charge in [0.15, 0.2) is 0 Å². The van der Waals surface area contributed by atoms with Crippen LogP contribution in [0.4, 0.5) is 0 Å². The van der Waals surface area contributed by atoms with E-state index in [0.717, 1.165) is 0 Å². The number of hydrogen-bond acceptors (Lipinski definition) is 20. The summed E-state index contributed by atoms with van der Waals surface area (Å²) in [4.78, 5) is 0. The van der Waals surface area contributed by atoms with Gasteiger partial charge in [0.25, 0.3) is 0 Å². The van der Waals surface area contributed by atoms with Gasteiger partial charge in [0.05, 0.1) is 0 Å². The fraction of sp³-hybridized carbons (Fsp3) is 0. The van der Waals surface area contributed by atoms with Crippen molar-refractivity contribution in [3.8, 4) is 0 Å². The molecule has 20 nitrogen and oxygen atoms in total. The first kappa shape index (κ1) is 52.3. The normalized spacial score (nSPS) is 10.4. The molecule has 0 unspecified atom stereocenters. The van der Waals surface area contributed by atoms with Crippen LogP contribution in [0.2, 0.25) is 0 Å². The summed E-state index contributed by atoms with van der Waals surface area (Å²) in [7, 11) is -25.8. The molecule has 0 atom stereocenters. The zero-order valence-corrected chi connectivity index (χ0v) is 24.8. The Morgan fingerprint density at radius 2 is 0.321 bits per heavy atom. The molecule has 0 saturated carbocycles. The summed E-state index contributed by atoms with van der Waals surface area (Å²) in [5.74, 6) is 0. The second-order valence-corrected chi connectivity index (χ2v) is 6.12. The van der Waals surface area contributed by atoms with Crippen molar-refractivity contribution in [1.29, 1.82) is 0 Å². The van der Waals surface area contributed by atoms with Gasteiger partial charge in [-0.25, -0.2) is 0 Å². The van der Waals surface area contributed by atoms with E-state index in [9.17, 15) is 0 Å². The minimum absolute atomic E-state index is 0. The first-order valence-corrected chi connectivity index (χ1v) is 10.0. The van der Waals surface area contributed by atoms with E-state index in [1.807, 2.05) is 0 Å². The summed E-state index contributed by atoms with van der Waals surface area (Å²) >= 11 is 0. The van der Waals surface area contributed by atoms with Gasteiger partial charge in [0.1, 0.15) is 0 Å². The summed E-state index contributed by atoms with van der Waals surface area (Å²) in [6.07, 6.45) is 0. The number of hydrogen-bond donors (Lipinski definition) is 0. The van der Waals surface area contributed by atoms with Crippen LogP contribution in [-0.4, -0.2) is 136 Å². The molecular formula is BaO20S5TiW. The van der Waals surface area contributed by atoms with E-state index >= 15 is 0 Å². The van der Waals surface area contributed by atoms with Crippen molar-refractivity contribution >= 4 is 101 Å². The predicted octanol–water partition coefficient (Wildman–Crippen LogP) is -7.08. The molecule has 0 amide bonds. The maximum absolute atomic E-state index is 8.52. The Morgan fingerprint density at radius 1 is 0.321 bits per heavy atom. The standard InChI is InChI=1S/Ba.5H2O4S.Ti.W/c;5*1-5(2,3)4;;/h;5*(H2,1,2,3,4);;/q+2;;;;;;2*+4/p-10. The van der Waals surface area contributed by atoms with Gasteiger partial charge < -0.3 is 45.5 Å². The first-order valence-electron chi connectivity index (χ1n) is 3.33. The predicted molar refractivity (Wildman–Crippen MR) is 58.1 cm³/mol. The molecule has 0 aliphatic rings. The molecule has 0 bridgehead atoms. The Bertz CT molecular complexity index is 627. The van der Waals surface area contributed by atoms with Gasteiger partial charge in [-0.1, -0.05) is 0 Å². The van der Waals surface area contributed by atoms with Crippen molar-refractivity contribution in [2.24, 2.45) is 0 Å². The Hall–Kier alpha value is 2.32. The fourth-order valence-corrected chi connectivity index (χ4v) is 0. The fourth-order valence-electron chi connectivity index (χ4n) is 0. The van der Waals surface area contributed by atoms with Crippen LogP contribution in [0.25, 0.3) is 0 Å². The molecule has 0 heterocycles. The molecule has 0 aromatic carbocycles. The van der Waals surface area contributed by atoms with E-state index in [1.54, 1.807) is 0 Å². The maximum atomic E-state index is 8.52. The Morgan fingerprint density at radius 3 is 0.321 bits per heavy atom. The monoisotopic (exact) mass is 850 g/mol. The average Bonchev–Trinajstić information content (AvgIpc) is 1.79. The van der Waals surface area contributed by atoms with Crippen molar-refractivity contribution in [1.82, 2.24) is 0 Å². The second kappa shape index (κ2) is 22.5. The van der Waals surface area contributed by atoms with Crippen molar-refractivity contribution in [2.75, 3.05) is 0 Å². The van der Waals surface area contributed by atoms with Gasteiger partial charge in [0, 0.05) is 52.0 Å². The summed E-state index contributed by atoms with van der Waals surface area (Å²) in [5, 5.41) is 0. The molecule has 0 aromatic rings. The van der Waals surface area contributed by atoms with Crippen LogP contribution in [0.1, 0.15) is 0 Å². The third-order valence-corrected chi connectivity index (χ3v) is 0. The zero-order valence-electron chi connectivity index (χ0n) is 11.8. The molecule has 0 radical (unpaired) electrons. The molecule has 0 aliphatic carbocycles. The largest absolute Gasteiger partial charge is 4.00 e. The van der Waals surface area contributed by atoms with Crippen LogP contribution in [0.3, 0.4) is 0 Å². The topological polar surface area (TPSA) is 401 Å². The smallest absolute Gasteiger partial charge is 0.759 e. The van der Waals surface area contributed by atoms with E-state index in [0.29, 0.717) is 0 Å². The molecule has 0 rings (SSSR count). The summed E-state index contributed by atoms with van der Waals surface area (Å²) in [6, 6.07) is 0. The van der Waals surface area contributed by atoms with Crippen LogP contribution in [0, 0.1) is 0 Å². The van der Waals surface area contributed by atoms with Gasteiger partial charge in [-0.3, -0.25) is 42.1 Å². The Labute approximate surface area is 228 Å². The van der Waals surface area contributed by atoms with Crippen LogP contribution < -0.4 is 0 Å². The molecule has 0 aromatic heterocycles. The molecule has 0 spiro atoms. The van der Waals surface area contributed by atoms with Crippen molar-refractivity contribution in [3.63, 3.8) is 0 Å². The van der Waals surface area contributed by atoms with Gasteiger partial charge in [-0.2, -0.15) is 0 Å². The average molecular weight is 849 g/mol. The minimum atomic E-state index is -5.17. The van der Waals surface area contributed by atoms with E-state index in [-0.39, 0.29) is 91.7 Å². The summed E-state index contributed by atoms with van der Waals surface area (Å²) in [6.45, 7) is 0. The molecule has 0 fully saturated rings. The van der Waals surface area contributed by atoms with E-state index in [4.69, 9.17) is 87.6 Å². The Kier molecular flexibility index (Phi) is 42.1. The van der Waals surface area contributed by atoms with Gasteiger partial charge in [0.2, 0.25) is 0 Å². The van der Waals surface area contributed by atoms with Gasteiger partial charge in [-0.15, -0.1) is 0 Å². The Balaban J connectivity index is -0.0000000290. The molecule has 28 heavy (non-hydrogen) atoms. The van der Waals surface area contributed by atoms with Crippen LogP contribution >= 0.6 is 0 Å². The van der Waals surface area contributed by atoms with Crippen molar-refractivity contribution in [2.45, 2.75) is 0 Å². The molecule has 0 aliphatic heterocycles. The van der Waals surface area contributed by atoms with Crippen LogP contribution in [0.15, 0.2) is 0 Å². The quantitative estimate of drug-likeness (QED) is 0.124. The zero-order chi connectivity index (χ0) is 22.5. The number of rotatable bonds is 0. The minimum Gasteiger partial charge on any atom is -0.759 e. The van der Waals surface area contributed by atoms with Gasteiger partial charge >= 0.3 is 91.7 Å². The first-order chi connectivity index (χ1) is 10.0. The molecule has 0 N–H and O–H groups in total. The maximum Gasteiger partial charge on any atom is 4.00 e. The van der Waals surface area contributed by atoms with Crippen molar-refractivity contribution < 1.29 is 130 Å². The van der Waals surface area contributed by atoms with Crippen LogP contribution in [-0.2, 0) is 94.8 Å². The van der Waals surface area contributed by atoms with E-state index in [1.165, 1.54) is 0 Å². The third-order valence-electron chi connectivity index (χ3n) is 0. The summed E-state index contributed by atoms with van der Waals surface area (Å²) in [5.41, 5.74) is 0. The molecule has 162 valence electrons. The SMILES string of the molecule is O=S(=O)([O-])[O-].O=S(=O)([O-])[O-].O=S(=O)([O-])[O-].O=S(=O)([O-])[O-].O=S(=O)([O-])[O-].[Ba+2].[Ti+4].[W+4]. The molecule has 0 saturated heterocycles. The second-order valence-electron chi connectivity index (χ2n) is 2.04. The molecule has 28 heteroatoms.